The molecule has 0 aliphatic heterocycles. The minimum Gasteiger partial charge on any atom is -0.370 e. The quantitative estimate of drug-likeness (QED) is 0.587. The number of halogens is 2. The van der Waals surface area contributed by atoms with Gasteiger partial charge in [0, 0.05) is 12.7 Å². The fourth-order valence-corrected chi connectivity index (χ4v) is 1.02. The number of nitrogens with zero attached hydrogens (tertiary/aromatic N) is 1. The maximum Gasteiger partial charge on any atom is 0.192 e. The van der Waals surface area contributed by atoms with Crippen LogP contribution in [0.5, 0.6) is 0 Å². The Balaban J connectivity index is 2.86. The predicted octanol–water partition coefficient (Wildman–Crippen LogP) is 1.94. The number of anilines is 1. The van der Waals surface area contributed by atoms with Gasteiger partial charge in [-0.3, -0.25) is 4.99 Å². The third-order valence-electron chi connectivity index (χ3n) is 1.43. The van der Waals surface area contributed by atoms with Crippen molar-refractivity contribution in [3.8, 4) is 0 Å². The van der Waals surface area contributed by atoms with E-state index in [-0.39, 0.29) is 11.8 Å². The molecule has 0 heterocycles. The Morgan fingerprint density at radius 1 is 1.62 bits per heavy atom. The van der Waals surface area contributed by atoms with Gasteiger partial charge in [-0.25, -0.2) is 4.39 Å². The SMILES string of the molecule is CN=C(N)Nc1ccc(Br)c(F)c1. The molecule has 13 heavy (non-hydrogen) atoms. The van der Waals surface area contributed by atoms with Crippen molar-refractivity contribution >= 4 is 27.6 Å². The van der Waals surface area contributed by atoms with Crippen LogP contribution in [0.3, 0.4) is 0 Å². The molecule has 0 aliphatic carbocycles. The predicted molar refractivity (Wildman–Crippen MR) is 55.3 cm³/mol. The van der Waals surface area contributed by atoms with E-state index < -0.39 is 0 Å². The number of nitrogens with two attached hydrogens (primary N) is 1. The number of nitrogens with one attached hydrogen (secondary N) is 1. The monoisotopic (exact) mass is 245 g/mol. The summed E-state index contributed by atoms with van der Waals surface area (Å²) in [6.07, 6.45) is 0. The van der Waals surface area contributed by atoms with Gasteiger partial charge in [0.25, 0.3) is 0 Å². The average molecular weight is 246 g/mol. The number of guanidine groups is 1. The zero-order valence-corrected chi connectivity index (χ0v) is 8.60. The third-order valence-corrected chi connectivity index (χ3v) is 2.08. The van der Waals surface area contributed by atoms with Crippen LogP contribution in [0.15, 0.2) is 27.7 Å². The molecule has 0 spiro atoms. The van der Waals surface area contributed by atoms with E-state index in [9.17, 15) is 4.39 Å². The largest absolute Gasteiger partial charge is 0.370 e. The first kappa shape index (κ1) is 9.98. The van der Waals surface area contributed by atoms with E-state index in [2.05, 4.69) is 26.2 Å². The standard InChI is InChI=1S/C8H9BrFN3/c1-12-8(11)13-5-2-3-6(9)7(10)4-5/h2-4H,1H3,(H3,11,12,13). The summed E-state index contributed by atoms with van der Waals surface area (Å²) in [6, 6.07) is 4.63. The Hall–Kier alpha value is -1.10. The van der Waals surface area contributed by atoms with Crippen LogP contribution in [0, 0.1) is 5.82 Å². The second-order valence-corrected chi connectivity index (χ2v) is 3.22. The second-order valence-electron chi connectivity index (χ2n) is 2.36. The van der Waals surface area contributed by atoms with Gasteiger partial charge in [-0.05, 0) is 34.1 Å². The Morgan fingerprint density at radius 3 is 2.85 bits per heavy atom. The minimum atomic E-state index is -0.339. The summed E-state index contributed by atoms with van der Waals surface area (Å²) in [4.78, 5) is 3.69. The number of hydrogen-bond donors (Lipinski definition) is 2. The molecule has 0 saturated heterocycles. The molecule has 0 saturated carbocycles. The molecule has 0 unspecified atom stereocenters. The molecule has 3 nitrogen and oxygen atoms in total. The van der Waals surface area contributed by atoms with Gasteiger partial charge in [0.1, 0.15) is 5.82 Å². The van der Waals surface area contributed by atoms with Crippen molar-refractivity contribution in [3.63, 3.8) is 0 Å². The molecule has 0 radical (unpaired) electrons. The van der Waals surface area contributed by atoms with Gasteiger partial charge in [0.05, 0.1) is 4.47 Å². The Bertz CT molecular complexity index is 338. The van der Waals surface area contributed by atoms with E-state index in [1.165, 1.54) is 6.07 Å². The lowest BCUT2D eigenvalue weighted by molar-refractivity contribution is 0.622. The lowest BCUT2D eigenvalue weighted by Gasteiger charge is -2.04. The van der Waals surface area contributed by atoms with Crippen LogP contribution in [0.1, 0.15) is 0 Å². The van der Waals surface area contributed by atoms with E-state index in [0.717, 1.165) is 0 Å². The molecular formula is C8H9BrFN3. The molecule has 0 aromatic heterocycles. The van der Waals surface area contributed by atoms with E-state index in [1.807, 2.05) is 0 Å². The highest BCUT2D eigenvalue weighted by molar-refractivity contribution is 9.10. The maximum atomic E-state index is 13.0. The highest BCUT2D eigenvalue weighted by Crippen LogP contribution is 2.18. The van der Waals surface area contributed by atoms with Crippen molar-refractivity contribution in [1.29, 1.82) is 0 Å². The number of rotatable bonds is 1. The van der Waals surface area contributed by atoms with Crippen LogP contribution >= 0.6 is 15.9 Å². The average Bonchev–Trinajstić information content (AvgIpc) is 2.11. The summed E-state index contributed by atoms with van der Waals surface area (Å²) in [5.74, 6) is -0.0874. The summed E-state index contributed by atoms with van der Waals surface area (Å²) in [6.45, 7) is 0. The van der Waals surface area contributed by atoms with Crippen molar-refractivity contribution in [2.24, 2.45) is 10.7 Å². The summed E-state index contributed by atoms with van der Waals surface area (Å²) in [5.41, 5.74) is 5.97. The summed E-state index contributed by atoms with van der Waals surface area (Å²) >= 11 is 3.05. The normalized spacial score (nSPS) is 11.5. The summed E-state index contributed by atoms with van der Waals surface area (Å²) in [5, 5.41) is 2.73. The van der Waals surface area contributed by atoms with Crippen molar-refractivity contribution in [2.45, 2.75) is 0 Å². The highest BCUT2D eigenvalue weighted by atomic mass is 79.9. The van der Waals surface area contributed by atoms with Crippen LogP contribution in [-0.2, 0) is 0 Å². The van der Waals surface area contributed by atoms with E-state index in [0.29, 0.717) is 10.2 Å². The molecule has 1 rings (SSSR count). The zero-order chi connectivity index (χ0) is 9.84. The second kappa shape index (κ2) is 4.23. The third kappa shape index (κ3) is 2.69. The molecule has 3 N–H and O–H groups in total. The summed E-state index contributed by atoms with van der Waals surface area (Å²) < 4.78 is 13.4. The first-order valence-corrected chi connectivity index (χ1v) is 4.37. The van der Waals surface area contributed by atoms with Crippen molar-refractivity contribution < 1.29 is 4.39 Å². The van der Waals surface area contributed by atoms with Gasteiger partial charge in [-0.2, -0.15) is 0 Å². The molecule has 0 fully saturated rings. The topological polar surface area (TPSA) is 50.4 Å². The Morgan fingerprint density at radius 2 is 2.31 bits per heavy atom. The molecule has 1 aromatic carbocycles. The van der Waals surface area contributed by atoms with Crippen LogP contribution < -0.4 is 11.1 Å². The van der Waals surface area contributed by atoms with Gasteiger partial charge in [-0.15, -0.1) is 0 Å². The first-order valence-electron chi connectivity index (χ1n) is 3.58. The van der Waals surface area contributed by atoms with Gasteiger partial charge in [0.15, 0.2) is 5.96 Å². The van der Waals surface area contributed by atoms with E-state index >= 15 is 0 Å². The smallest absolute Gasteiger partial charge is 0.192 e. The lowest BCUT2D eigenvalue weighted by Crippen LogP contribution is -2.21. The van der Waals surface area contributed by atoms with Gasteiger partial charge < -0.3 is 11.1 Å². The van der Waals surface area contributed by atoms with Gasteiger partial charge in [-0.1, -0.05) is 0 Å². The van der Waals surface area contributed by atoms with Gasteiger partial charge >= 0.3 is 0 Å². The van der Waals surface area contributed by atoms with Gasteiger partial charge in [0.2, 0.25) is 0 Å². The number of aliphatic imine (C=N–C) groups is 1. The van der Waals surface area contributed by atoms with Crippen LogP contribution in [-0.4, -0.2) is 13.0 Å². The molecular weight excluding hydrogens is 237 g/mol. The maximum absolute atomic E-state index is 13.0. The summed E-state index contributed by atoms with van der Waals surface area (Å²) in [7, 11) is 1.55. The van der Waals surface area contributed by atoms with Crippen molar-refractivity contribution in [3.05, 3.63) is 28.5 Å². The Labute approximate surface area is 84.0 Å². The lowest BCUT2D eigenvalue weighted by atomic mass is 10.3. The van der Waals surface area contributed by atoms with Crippen LogP contribution in [0.2, 0.25) is 0 Å². The highest BCUT2D eigenvalue weighted by Gasteiger charge is 2.00. The fourth-order valence-electron chi connectivity index (χ4n) is 0.778. The van der Waals surface area contributed by atoms with E-state index in [4.69, 9.17) is 5.73 Å². The number of benzene rings is 1. The molecule has 70 valence electrons. The van der Waals surface area contributed by atoms with Crippen LogP contribution in [0.25, 0.3) is 0 Å². The molecule has 1 aromatic rings. The van der Waals surface area contributed by atoms with Crippen LogP contribution in [0.4, 0.5) is 10.1 Å². The first-order chi connectivity index (χ1) is 6.13. The fraction of sp³-hybridized carbons (Fsp3) is 0.125. The van der Waals surface area contributed by atoms with E-state index in [1.54, 1.807) is 19.2 Å². The van der Waals surface area contributed by atoms with Crippen molar-refractivity contribution in [1.82, 2.24) is 0 Å². The number of hydrogen-bond acceptors (Lipinski definition) is 1. The zero-order valence-electron chi connectivity index (χ0n) is 7.01. The Kier molecular flexibility index (Phi) is 3.25. The minimum absolute atomic E-state index is 0.252. The molecule has 0 aliphatic rings. The molecule has 0 amide bonds. The molecule has 5 heteroatoms. The van der Waals surface area contributed by atoms with Crippen molar-refractivity contribution in [2.75, 3.05) is 12.4 Å². The molecule has 0 atom stereocenters. The molecule has 0 bridgehead atoms.